The van der Waals surface area contributed by atoms with Crippen LogP contribution in [0, 0.1) is 0 Å². The van der Waals surface area contributed by atoms with E-state index in [4.69, 9.17) is 5.11 Å². The van der Waals surface area contributed by atoms with Crippen molar-refractivity contribution in [3.8, 4) is 0 Å². The number of rotatable bonds is 2. The minimum atomic E-state index is -0.711. The van der Waals surface area contributed by atoms with E-state index in [-0.39, 0.29) is 25.8 Å². The molecule has 0 aromatic carbocycles. The summed E-state index contributed by atoms with van der Waals surface area (Å²) in [5.41, 5.74) is 0. The molecular formula is C4H11InO2. The number of carbonyl (C=O) groups is 1. The molecule has 0 atom stereocenters. The molecule has 0 rings (SSSR count). The molecule has 2 nitrogen and oxygen atoms in total. The number of hydrogen-bond acceptors (Lipinski definition) is 1. The van der Waals surface area contributed by atoms with Crippen LogP contribution in [-0.2, 0) is 4.79 Å². The molecule has 0 spiro atoms. The molecule has 0 aliphatic rings. The van der Waals surface area contributed by atoms with Crippen molar-refractivity contribution in [1.29, 1.82) is 0 Å². The molecule has 0 aromatic heterocycles. The summed E-state index contributed by atoms with van der Waals surface area (Å²) in [5.74, 6) is -0.711. The Morgan fingerprint density at radius 1 is 1.71 bits per heavy atom. The van der Waals surface area contributed by atoms with Gasteiger partial charge in [0.1, 0.15) is 0 Å². The third-order valence-electron chi connectivity index (χ3n) is 0.464. The van der Waals surface area contributed by atoms with Crippen LogP contribution in [0.3, 0.4) is 0 Å². The molecule has 0 aromatic rings. The average Bonchev–Trinajstić information content (AvgIpc) is 1.35. The van der Waals surface area contributed by atoms with E-state index in [0.717, 1.165) is 6.42 Å². The predicted molar refractivity (Wildman–Crippen MR) is 32.5 cm³/mol. The molecule has 0 radical (unpaired) electrons. The van der Waals surface area contributed by atoms with Crippen molar-refractivity contribution < 1.29 is 9.90 Å². The van der Waals surface area contributed by atoms with Crippen LogP contribution in [0.5, 0.6) is 0 Å². The molecule has 0 unspecified atom stereocenters. The van der Waals surface area contributed by atoms with Gasteiger partial charge in [0.2, 0.25) is 0 Å². The summed E-state index contributed by atoms with van der Waals surface area (Å²) in [4.78, 5) is 9.60. The molecule has 0 bridgehead atoms. The molecule has 0 aliphatic heterocycles. The molecule has 0 amide bonds. The van der Waals surface area contributed by atoms with E-state index in [1.165, 1.54) is 0 Å². The van der Waals surface area contributed by atoms with Gasteiger partial charge in [-0.05, 0) is 6.42 Å². The van der Waals surface area contributed by atoms with Crippen molar-refractivity contribution in [2.45, 2.75) is 19.8 Å². The quantitative estimate of drug-likeness (QED) is 0.672. The molecule has 0 saturated carbocycles. The molecule has 3 heteroatoms. The van der Waals surface area contributed by atoms with Crippen molar-refractivity contribution in [3.05, 3.63) is 0 Å². The standard InChI is InChI=1S/C4H8O2.In.3H/c1-2-3-4(5)6;;;;/h2-3H2,1H3,(H,5,6);;;;. The molecule has 42 valence electrons. The van der Waals surface area contributed by atoms with Crippen molar-refractivity contribution in [2.24, 2.45) is 0 Å². The van der Waals surface area contributed by atoms with Crippen LogP contribution in [0.4, 0.5) is 0 Å². The van der Waals surface area contributed by atoms with Gasteiger partial charge < -0.3 is 5.11 Å². The van der Waals surface area contributed by atoms with Crippen LogP contribution in [0.1, 0.15) is 19.8 Å². The Labute approximate surface area is 61.7 Å². The van der Waals surface area contributed by atoms with Gasteiger partial charge >= 0.3 is 31.8 Å². The fraction of sp³-hybridized carbons (Fsp3) is 0.750. The monoisotopic (exact) mass is 206 g/mol. The Morgan fingerprint density at radius 3 is 2.14 bits per heavy atom. The van der Waals surface area contributed by atoms with Gasteiger partial charge in [-0.15, -0.1) is 0 Å². The molecule has 1 N–H and O–H groups in total. The van der Waals surface area contributed by atoms with Gasteiger partial charge in [0, 0.05) is 6.42 Å². The Hall–Kier alpha value is 0.340. The van der Waals surface area contributed by atoms with Gasteiger partial charge in [-0.25, -0.2) is 0 Å². The third-order valence-corrected chi connectivity index (χ3v) is 0.464. The number of carboxylic acid groups (broad SMARTS) is 1. The van der Waals surface area contributed by atoms with Gasteiger partial charge in [0.15, 0.2) is 0 Å². The fourth-order valence-corrected chi connectivity index (χ4v) is 0.214. The zero-order valence-electron chi connectivity index (χ0n) is 3.77. The number of aliphatic carboxylic acids is 1. The zero-order valence-corrected chi connectivity index (χ0v) is 3.77. The first kappa shape index (κ1) is 10.3. The Kier molecular flexibility index (Phi) is 9.37. The van der Waals surface area contributed by atoms with Crippen molar-refractivity contribution in [2.75, 3.05) is 0 Å². The van der Waals surface area contributed by atoms with Gasteiger partial charge in [-0.3, -0.25) is 4.79 Å². The van der Waals surface area contributed by atoms with Crippen LogP contribution < -0.4 is 0 Å². The summed E-state index contributed by atoms with van der Waals surface area (Å²) < 4.78 is 0. The first-order valence-corrected chi connectivity index (χ1v) is 1.99. The van der Waals surface area contributed by atoms with E-state index in [1.807, 2.05) is 6.92 Å². The van der Waals surface area contributed by atoms with Crippen LogP contribution in [0.2, 0.25) is 0 Å². The average molecular weight is 206 g/mol. The van der Waals surface area contributed by atoms with E-state index in [9.17, 15) is 4.79 Å². The normalized spacial score (nSPS) is 7.00. The van der Waals surface area contributed by atoms with Gasteiger partial charge in [0.25, 0.3) is 0 Å². The second kappa shape index (κ2) is 6.34. The summed E-state index contributed by atoms with van der Waals surface area (Å²) >= 11 is 0. The van der Waals surface area contributed by atoms with Crippen LogP contribution in [0.25, 0.3) is 0 Å². The number of carboxylic acids is 1. The Balaban J connectivity index is 0. The Morgan fingerprint density at radius 2 is 2.14 bits per heavy atom. The summed E-state index contributed by atoms with van der Waals surface area (Å²) in [6.45, 7) is 1.84. The van der Waals surface area contributed by atoms with Crippen molar-refractivity contribution in [3.63, 3.8) is 0 Å². The maximum atomic E-state index is 9.60. The van der Waals surface area contributed by atoms with Gasteiger partial charge in [0.05, 0.1) is 0 Å². The maximum absolute atomic E-state index is 9.60. The summed E-state index contributed by atoms with van der Waals surface area (Å²) in [6, 6.07) is 0. The SMILES string of the molecule is CCCC(=O)O.[InH3]. The zero-order chi connectivity index (χ0) is 4.99. The second-order valence-corrected chi connectivity index (χ2v) is 1.14. The Bertz CT molecular complexity index is 53.7. The van der Waals surface area contributed by atoms with Crippen molar-refractivity contribution >= 4 is 31.8 Å². The molecule has 7 heavy (non-hydrogen) atoms. The first-order valence-electron chi connectivity index (χ1n) is 1.99. The summed E-state index contributed by atoms with van der Waals surface area (Å²) in [7, 11) is 0. The minimum absolute atomic E-state index is 0. The summed E-state index contributed by atoms with van der Waals surface area (Å²) in [6.07, 6.45) is 1.02. The molecule has 0 fully saturated rings. The number of hydrogen-bond donors (Lipinski definition) is 1. The fourth-order valence-electron chi connectivity index (χ4n) is 0.214. The first-order chi connectivity index (χ1) is 2.77. The van der Waals surface area contributed by atoms with Crippen LogP contribution in [-0.4, -0.2) is 36.9 Å². The summed E-state index contributed by atoms with van der Waals surface area (Å²) in [5, 5.41) is 7.91. The van der Waals surface area contributed by atoms with E-state index in [1.54, 1.807) is 0 Å². The van der Waals surface area contributed by atoms with Gasteiger partial charge in [-0.2, -0.15) is 0 Å². The molecule has 0 saturated heterocycles. The van der Waals surface area contributed by atoms with Crippen LogP contribution >= 0.6 is 0 Å². The van der Waals surface area contributed by atoms with E-state index in [0.29, 0.717) is 6.42 Å². The molecular weight excluding hydrogens is 195 g/mol. The van der Waals surface area contributed by atoms with Gasteiger partial charge in [-0.1, -0.05) is 6.92 Å². The predicted octanol–water partition coefficient (Wildman–Crippen LogP) is -0.313. The van der Waals surface area contributed by atoms with E-state index in [2.05, 4.69) is 0 Å². The van der Waals surface area contributed by atoms with E-state index >= 15 is 0 Å². The van der Waals surface area contributed by atoms with Crippen molar-refractivity contribution in [1.82, 2.24) is 0 Å². The second-order valence-electron chi connectivity index (χ2n) is 1.14. The third kappa shape index (κ3) is 10.7. The van der Waals surface area contributed by atoms with Crippen LogP contribution in [0.15, 0.2) is 0 Å². The topological polar surface area (TPSA) is 37.3 Å². The molecule has 0 heterocycles. The molecule has 0 aliphatic carbocycles. The van der Waals surface area contributed by atoms with E-state index < -0.39 is 5.97 Å².